The summed E-state index contributed by atoms with van der Waals surface area (Å²) in [6.45, 7) is 0. The van der Waals surface area contributed by atoms with Gasteiger partial charge in [-0.15, -0.1) is 0 Å². The van der Waals surface area contributed by atoms with Gasteiger partial charge in [0.1, 0.15) is 6.07 Å². The van der Waals surface area contributed by atoms with Crippen LogP contribution in [0.3, 0.4) is 0 Å². The molecule has 0 radical (unpaired) electrons. The summed E-state index contributed by atoms with van der Waals surface area (Å²) in [5.74, 6) is 4.49. The van der Waals surface area contributed by atoms with E-state index in [0.29, 0.717) is 29.3 Å². The summed E-state index contributed by atoms with van der Waals surface area (Å²) < 4.78 is 5.07. The van der Waals surface area contributed by atoms with E-state index >= 15 is 0 Å². The number of hydrogen-bond acceptors (Lipinski definition) is 4. The predicted molar refractivity (Wildman–Crippen MR) is 65.4 cm³/mol. The Kier molecular flexibility index (Phi) is 2.03. The highest BCUT2D eigenvalue weighted by atomic mass is 16.5. The van der Waals surface area contributed by atoms with Crippen molar-refractivity contribution in [2.24, 2.45) is 23.7 Å². The van der Waals surface area contributed by atoms with E-state index in [9.17, 15) is 0 Å². The average molecular weight is 243 g/mol. The maximum absolute atomic E-state index is 9.15. The van der Waals surface area contributed by atoms with Gasteiger partial charge in [0.25, 0.3) is 0 Å². The van der Waals surface area contributed by atoms with E-state index in [0.717, 1.165) is 17.4 Å². The highest BCUT2D eigenvalue weighted by Gasteiger charge is 2.50. The van der Waals surface area contributed by atoms with Crippen molar-refractivity contribution < 1.29 is 4.52 Å². The molecule has 4 aliphatic carbocycles. The molecule has 18 heavy (non-hydrogen) atoms. The first kappa shape index (κ1) is 10.4. The Morgan fingerprint density at radius 3 is 2.28 bits per heavy atom. The van der Waals surface area contributed by atoms with Gasteiger partial charge < -0.3 is 10.3 Å². The van der Waals surface area contributed by atoms with Crippen LogP contribution in [0.1, 0.15) is 49.3 Å². The quantitative estimate of drug-likeness (QED) is 0.822. The summed E-state index contributed by atoms with van der Waals surface area (Å²) >= 11 is 0. The van der Waals surface area contributed by atoms with Crippen molar-refractivity contribution in [3.63, 3.8) is 0 Å². The molecule has 0 unspecified atom stereocenters. The minimum absolute atomic E-state index is 0.352. The molecular formula is C14H17N3O. The lowest BCUT2D eigenvalue weighted by Gasteiger charge is -2.54. The standard InChI is InChI=1S/C14H17N3O/c15-6-11-13(14(16)17-18-11)12-9-2-7-1-8(4-9)5-10(12)3-7/h7-10,12H,1-5H2,(H2,16,17). The highest BCUT2D eigenvalue weighted by molar-refractivity contribution is 5.48. The zero-order valence-electron chi connectivity index (χ0n) is 10.3. The molecule has 4 fully saturated rings. The monoisotopic (exact) mass is 243 g/mol. The molecule has 1 aromatic heterocycles. The van der Waals surface area contributed by atoms with E-state index in [-0.39, 0.29) is 0 Å². The molecule has 4 nitrogen and oxygen atoms in total. The molecule has 4 aliphatic rings. The van der Waals surface area contributed by atoms with Crippen molar-refractivity contribution in [2.45, 2.75) is 38.0 Å². The molecule has 5 rings (SSSR count). The van der Waals surface area contributed by atoms with Crippen LogP contribution in [-0.2, 0) is 0 Å². The molecule has 0 saturated heterocycles. The predicted octanol–water partition coefficient (Wildman–Crippen LogP) is 2.67. The Bertz CT molecular complexity index is 500. The molecular weight excluding hydrogens is 226 g/mol. The third kappa shape index (κ3) is 1.28. The van der Waals surface area contributed by atoms with Crippen molar-refractivity contribution in [2.75, 3.05) is 5.73 Å². The first-order chi connectivity index (χ1) is 8.76. The highest BCUT2D eigenvalue weighted by Crippen LogP contribution is 2.60. The molecule has 94 valence electrons. The molecule has 4 bridgehead atoms. The number of nitriles is 1. The molecule has 0 amide bonds. The van der Waals surface area contributed by atoms with Crippen LogP contribution >= 0.6 is 0 Å². The lowest BCUT2D eigenvalue weighted by molar-refractivity contribution is -0.00286. The maximum atomic E-state index is 9.15. The summed E-state index contributed by atoms with van der Waals surface area (Å²) in [5, 5.41) is 12.9. The molecule has 1 aromatic rings. The fourth-order valence-electron chi connectivity index (χ4n) is 5.11. The summed E-state index contributed by atoms with van der Waals surface area (Å²) in [6.07, 6.45) is 6.69. The summed E-state index contributed by atoms with van der Waals surface area (Å²) in [5.41, 5.74) is 6.86. The minimum atomic E-state index is 0.352. The van der Waals surface area contributed by atoms with Gasteiger partial charge in [-0.3, -0.25) is 0 Å². The number of rotatable bonds is 1. The summed E-state index contributed by atoms with van der Waals surface area (Å²) in [6, 6.07) is 2.12. The number of anilines is 1. The normalized spacial score (nSPS) is 40.9. The second-order valence-electron chi connectivity index (χ2n) is 6.38. The molecule has 4 heteroatoms. The molecule has 0 spiro atoms. The molecule has 0 atom stereocenters. The van der Waals surface area contributed by atoms with Gasteiger partial charge in [-0.2, -0.15) is 5.26 Å². The van der Waals surface area contributed by atoms with Crippen LogP contribution in [0.4, 0.5) is 5.82 Å². The van der Waals surface area contributed by atoms with Crippen molar-refractivity contribution >= 4 is 5.82 Å². The molecule has 2 N–H and O–H groups in total. The number of hydrogen-bond donors (Lipinski definition) is 1. The summed E-state index contributed by atoms with van der Waals surface area (Å²) in [4.78, 5) is 0. The Labute approximate surface area is 106 Å². The molecule has 0 aromatic carbocycles. The van der Waals surface area contributed by atoms with Crippen molar-refractivity contribution in [1.82, 2.24) is 5.16 Å². The lowest BCUT2D eigenvalue weighted by Crippen LogP contribution is -2.44. The first-order valence-electron chi connectivity index (χ1n) is 6.91. The van der Waals surface area contributed by atoms with Gasteiger partial charge >= 0.3 is 0 Å². The van der Waals surface area contributed by atoms with Crippen LogP contribution in [0.5, 0.6) is 0 Å². The van der Waals surface area contributed by atoms with Crippen molar-refractivity contribution in [3.8, 4) is 6.07 Å². The average Bonchev–Trinajstić information content (AvgIpc) is 2.70. The van der Waals surface area contributed by atoms with Gasteiger partial charge in [-0.05, 0) is 61.7 Å². The summed E-state index contributed by atoms with van der Waals surface area (Å²) in [7, 11) is 0. The van der Waals surface area contributed by atoms with E-state index in [1.54, 1.807) is 0 Å². The first-order valence-corrected chi connectivity index (χ1v) is 6.91. The third-order valence-corrected chi connectivity index (χ3v) is 5.42. The molecule has 4 saturated carbocycles. The zero-order valence-corrected chi connectivity index (χ0v) is 10.3. The Morgan fingerprint density at radius 1 is 1.11 bits per heavy atom. The second kappa shape index (κ2) is 3.50. The Balaban J connectivity index is 1.77. The maximum Gasteiger partial charge on any atom is 0.241 e. The van der Waals surface area contributed by atoms with Crippen LogP contribution in [-0.4, -0.2) is 5.16 Å². The zero-order chi connectivity index (χ0) is 12.3. The number of nitrogens with zero attached hydrogens (tertiary/aromatic N) is 2. The van der Waals surface area contributed by atoms with Gasteiger partial charge in [0.2, 0.25) is 5.76 Å². The van der Waals surface area contributed by atoms with Gasteiger partial charge in [-0.25, -0.2) is 0 Å². The van der Waals surface area contributed by atoms with Gasteiger partial charge in [-0.1, -0.05) is 5.16 Å². The van der Waals surface area contributed by atoms with E-state index in [1.807, 2.05) is 0 Å². The van der Waals surface area contributed by atoms with Crippen molar-refractivity contribution in [1.29, 1.82) is 5.26 Å². The number of nitrogens with two attached hydrogens (primary N) is 1. The van der Waals surface area contributed by atoms with E-state index < -0.39 is 0 Å². The molecule has 0 aliphatic heterocycles. The van der Waals surface area contributed by atoms with Crippen LogP contribution in [0, 0.1) is 35.0 Å². The van der Waals surface area contributed by atoms with Crippen molar-refractivity contribution in [3.05, 3.63) is 11.3 Å². The topological polar surface area (TPSA) is 75.8 Å². The smallest absolute Gasteiger partial charge is 0.241 e. The van der Waals surface area contributed by atoms with Crippen LogP contribution < -0.4 is 5.73 Å². The second-order valence-corrected chi connectivity index (χ2v) is 6.38. The van der Waals surface area contributed by atoms with Gasteiger partial charge in [0.05, 0.1) is 5.56 Å². The lowest BCUT2D eigenvalue weighted by atomic mass is 9.50. The number of aromatic nitrogens is 1. The van der Waals surface area contributed by atoms with Crippen LogP contribution in [0.2, 0.25) is 0 Å². The fourth-order valence-corrected chi connectivity index (χ4v) is 5.11. The van der Waals surface area contributed by atoms with E-state index in [1.165, 1.54) is 32.1 Å². The Morgan fingerprint density at radius 2 is 1.72 bits per heavy atom. The van der Waals surface area contributed by atoms with Crippen LogP contribution in [0.25, 0.3) is 0 Å². The van der Waals surface area contributed by atoms with E-state index in [2.05, 4.69) is 11.2 Å². The van der Waals surface area contributed by atoms with Gasteiger partial charge in [0, 0.05) is 0 Å². The number of nitrogen functional groups attached to an aromatic ring is 1. The Hall–Kier alpha value is -1.50. The largest absolute Gasteiger partial charge is 0.381 e. The van der Waals surface area contributed by atoms with Gasteiger partial charge in [0.15, 0.2) is 5.82 Å². The van der Waals surface area contributed by atoms with Crippen LogP contribution in [0.15, 0.2) is 4.52 Å². The fraction of sp³-hybridized carbons (Fsp3) is 0.714. The van der Waals surface area contributed by atoms with E-state index in [4.69, 9.17) is 15.5 Å². The third-order valence-electron chi connectivity index (χ3n) is 5.42. The SMILES string of the molecule is N#Cc1onc(N)c1C1C2CC3CC(C2)CC1C3. The molecule has 1 heterocycles. The minimum Gasteiger partial charge on any atom is -0.381 e.